The standard InChI is InChI=1S/C30H32N4O2S/c1-20-11-12-24-25(17-20)37-29-27(24)28(31-26(32-29)18-21-7-4-3-5-8-21)33-13-15-34(16-14-33)30(35)22-9-6-10-23(19-22)36-2/h3-10,19-20H,11-18H2,1-2H3. The number of amides is 1. The van der Waals surface area contributed by atoms with Crippen LogP contribution in [-0.4, -0.2) is 54.1 Å². The molecule has 1 aliphatic carbocycles. The van der Waals surface area contributed by atoms with E-state index in [0.29, 0.717) is 30.3 Å². The highest BCUT2D eigenvalue weighted by molar-refractivity contribution is 7.19. The molecule has 1 fully saturated rings. The molecule has 6 nitrogen and oxygen atoms in total. The molecule has 4 aromatic rings. The topological polar surface area (TPSA) is 58.6 Å². The molecule has 2 aromatic carbocycles. The predicted molar refractivity (Wildman–Crippen MR) is 149 cm³/mol. The minimum absolute atomic E-state index is 0.0538. The van der Waals surface area contributed by atoms with Gasteiger partial charge in [0.15, 0.2) is 0 Å². The third-order valence-corrected chi connectivity index (χ3v) is 8.72. The number of hydrogen-bond acceptors (Lipinski definition) is 6. The maximum atomic E-state index is 13.2. The summed E-state index contributed by atoms with van der Waals surface area (Å²) in [6.45, 7) is 5.19. The smallest absolute Gasteiger partial charge is 0.254 e. The van der Waals surface area contributed by atoms with E-state index in [1.54, 1.807) is 7.11 Å². The van der Waals surface area contributed by atoms with Crippen molar-refractivity contribution in [1.82, 2.24) is 14.9 Å². The average Bonchev–Trinajstić information content (AvgIpc) is 3.30. The minimum Gasteiger partial charge on any atom is -0.497 e. The number of carbonyl (C=O) groups excluding carboxylic acids is 1. The van der Waals surface area contributed by atoms with Crippen molar-refractivity contribution in [3.05, 3.63) is 82.0 Å². The highest BCUT2D eigenvalue weighted by Crippen LogP contribution is 2.41. The second kappa shape index (κ2) is 10.1. The monoisotopic (exact) mass is 512 g/mol. The summed E-state index contributed by atoms with van der Waals surface area (Å²) in [4.78, 5) is 30.3. The zero-order valence-electron chi connectivity index (χ0n) is 21.4. The molecule has 37 heavy (non-hydrogen) atoms. The van der Waals surface area contributed by atoms with Crippen molar-refractivity contribution < 1.29 is 9.53 Å². The number of fused-ring (bicyclic) bond motifs is 3. The number of methoxy groups -OCH3 is 1. The second-order valence-corrected chi connectivity index (χ2v) is 11.3. The molecule has 1 atom stereocenters. The molecular formula is C30H32N4O2S. The Labute approximate surface area is 221 Å². The lowest BCUT2D eigenvalue weighted by Crippen LogP contribution is -2.49. The minimum atomic E-state index is 0.0538. The molecule has 0 radical (unpaired) electrons. The van der Waals surface area contributed by atoms with E-state index in [1.165, 1.54) is 27.8 Å². The van der Waals surface area contributed by atoms with Gasteiger partial charge in [0.1, 0.15) is 22.2 Å². The Kier molecular flexibility index (Phi) is 6.55. The highest BCUT2D eigenvalue weighted by Gasteiger charge is 2.29. The van der Waals surface area contributed by atoms with Gasteiger partial charge in [0, 0.05) is 43.0 Å². The van der Waals surface area contributed by atoms with Crippen LogP contribution in [0.1, 0.15) is 45.5 Å². The van der Waals surface area contributed by atoms with E-state index in [-0.39, 0.29) is 5.91 Å². The second-order valence-electron chi connectivity index (χ2n) is 10.2. The van der Waals surface area contributed by atoms with Crippen molar-refractivity contribution in [3.8, 4) is 5.75 Å². The zero-order chi connectivity index (χ0) is 25.4. The summed E-state index contributed by atoms with van der Waals surface area (Å²) in [6.07, 6.45) is 4.16. The highest BCUT2D eigenvalue weighted by atomic mass is 32.1. The van der Waals surface area contributed by atoms with E-state index >= 15 is 0 Å². The van der Waals surface area contributed by atoms with Crippen LogP contribution in [0.2, 0.25) is 0 Å². The van der Waals surface area contributed by atoms with Crippen LogP contribution in [0.15, 0.2) is 54.6 Å². The van der Waals surface area contributed by atoms with Gasteiger partial charge in [-0.05, 0) is 54.5 Å². The van der Waals surface area contributed by atoms with Crippen LogP contribution in [0.5, 0.6) is 5.75 Å². The Balaban J connectivity index is 1.30. The lowest BCUT2D eigenvalue weighted by molar-refractivity contribution is 0.0746. The Bertz CT molecular complexity index is 1430. The molecule has 1 aliphatic heterocycles. The molecule has 1 unspecified atom stereocenters. The summed E-state index contributed by atoms with van der Waals surface area (Å²) in [5, 5.41) is 1.25. The first kappa shape index (κ1) is 23.9. The van der Waals surface area contributed by atoms with Gasteiger partial charge in [-0.15, -0.1) is 11.3 Å². The summed E-state index contributed by atoms with van der Waals surface area (Å²) < 4.78 is 5.31. The molecule has 1 amide bonds. The number of ether oxygens (including phenoxy) is 1. The van der Waals surface area contributed by atoms with Crippen molar-refractivity contribution in [2.45, 2.75) is 32.6 Å². The number of carbonyl (C=O) groups is 1. The van der Waals surface area contributed by atoms with Crippen molar-refractivity contribution in [1.29, 1.82) is 0 Å². The Morgan fingerprint density at radius 2 is 1.86 bits per heavy atom. The number of anilines is 1. The molecule has 0 saturated carbocycles. The van der Waals surface area contributed by atoms with Crippen molar-refractivity contribution in [2.75, 3.05) is 38.2 Å². The van der Waals surface area contributed by atoms with Crippen molar-refractivity contribution in [3.63, 3.8) is 0 Å². The number of nitrogens with zero attached hydrogens (tertiary/aromatic N) is 4. The van der Waals surface area contributed by atoms with Crippen LogP contribution in [0, 0.1) is 5.92 Å². The maximum absolute atomic E-state index is 13.2. The Morgan fingerprint density at radius 1 is 1.05 bits per heavy atom. The SMILES string of the molecule is COc1cccc(C(=O)N2CCN(c3nc(Cc4ccccc4)nc4sc5c(c34)CCC(C)C5)CC2)c1. The number of hydrogen-bond donors (Lipinski definition) is 0. The van der Waals surface area contributed by atoms with Crippen LogP contribution >= 0.6 is 11.3 Å². The molecule has 6 rings (SSSR count). The van der Waals surface area contributed by atoms with Crippen molar-refractivity contribution >= 4 is 33.3 Å². The predicted octanol–water partition coefficient (Wildman–Crippen LogP) is 5.38. The van der Waals surface area contributed by atoms with Crippen LogP contribution < -0.4 is 9.64 Å². The number of piperazine rings is 1. The van der Waals surface area contributed by atoms with E-state index in [4.69, 9.17) is 14.7 Å². The number of thiophene rings is 1. The summed E-state index contributed by atoms with van der Waals surface area (Å²) in [7, 11) is 1.63. The average molecular weight is 513 g/mol. The zero-order valence-corrected chi connectivity index (χ0v) is 22.3. The van der Waals surface area contributed by atoms with E-state index in [2.05, 4.69) is 36.1 Å². The summed E-state index contributed by atoms with van der Waals surface area (Å²) in [5.74, 6) is 3.40. The molecule has 0 bridgehead atoms. The lowest BCUT2D eigenvalue weighted by Gasteiger charge is -2.36. The van der Waals surface area contributed by atoms with Gasteiger partial charge >= 0.3 is 0 Å². The van der Waals surface area contributed by atoms with Gasteiger partial charge < -0.3 is 14.5 Å². The van der Waals surface area contributed by atoms with Gasteiger partial charge in [-0.25, -0.2) is 9.97 Å². The third-order valence-electron chi connectivity index (χ3n) is 7.57. The molecule has 3 heterocycles. The van der Waals surface area contributed by atoms with Crippen molar-refractivity contribution in [2.24, 2.45) is 5.92 Å². The maximum Gasteiger partial charge on any atom is 0.254 e. The fraction of sp³-hybridized carbons (Fsp3) is 0.367. The van der Waals surface area contributed by atoms with E-state index in [0.717, 1.165) is 48.8 Å². The molecular weight excluding hydrogens is 480 g/mol. The van der Waals surface area contributed by atoms with Gasteiger partial charge in [-0.2, -0.15) is 0 Å². The van der Waals surface area contributed by atoms with Crippen LogP contribution in [0.4, 0.5) is 5.82 Å². The lowest BCUT2D eigenvalue weighted by atomic mass is 9.89. The normalized spacial score (nSPS) is 17.6. The first-order valence-corrected chi connectivity index (χ1v) is 13.9. The van der Waals surface area contributed by atoms with Gasteiger partial charge in [-0.1, -0.05) is 43.3 Å². The fourth-order valence-electron chi connectivity index (χ4n) is 5.51. The quantitative estimate of drug-likeness (QED) is 0.359. The van der Waals surface area contributed by atoms with Gasteiger partial charge in [-0.3, -0.25) is 4.79 Å². The third kappa shape index (κ3) is 4.80. The van der Waals surface area contributed by atoms with Crippen LogP contribution in [0.3, 0.4) is 0 Å². The van der Waals surface area contributed by atoms with Gasteiger partial charge in [0.05, 0.1) is 12.5 Å². The largest absolute Gasteiger partial charge is 0.497 e. The molecule has 190 valence electrons. The number of benzene rings is 2. The first-order valence-electron chi connectivity index (χ1n) is 13.1. The molecule has 7 heteroatoms. The number of aromatic nitrogens is 2. The first-order chi connectivity index (χ1) is 18.1. The summed E-state index contributed by atoms with van der Waals surface area (Å²) in [5.41, 5.74) is 3.34. The van der Waals surface area contributed by atoms with Gasteiger partial charge in [0.2, 0.25) is 0 Å². The molecule has 0 spiro atoms. The Hall–Kier alpha value is -3.45. The van der Waals surface area contributed by atoms with E-state index < -0.39 is 0 Å². The molecule has 1 saturated heterocycles. The fourth-order valence-corrected chi connectivity index (χ4v) is 6.91. The molecule has 0 N–H and O–H groups in total. The summed E-state index contributed by atoms with van der Waals surface area (Å²) >= 11 is 1.86. The summed E-state index contributed by atoms with van der Waals surface area (Å²) in [6, 6.07) is 17.9. The van der Waals surface area contributed by atoms with Gasteiger partial charge in [0.25, 0.3) is 5.91 Å². The number of rotatable bonds is 5. The number of aryl methyl sites for hydroxylation is 1. The van der Waals surface area contributed by atoms with E-state index in [1.807, 2.05) is 46.6 Å². The molecule has 2 aliphatic rings. The Morgan fingerprint density at radius 3 is 2.65 bits per heavy atom. The van der Waals surface area contributed by atoms with Crippen LogP contribution in [-0.2, 0) is 19.3 Å². The van der Waals surface area contributed by atoms with E-state index in [9.17, 15) is 4.79 Å². The molecule has 2 aromatic heterocycles. The van der Waals surface area contributed by atoms with Crippen LogP contribution in [0.25, 0.3) is 10.2 Å².